The Bertz CT molecular complexity index is 95.4. The van der Waals surface area contributed by atoms with Crippen LogP contribution in [0.5, 0.6) is 0 Å². The largest absolute Gasteiger partial charge is 0.394 e. The van der Waals surface area contributed by atoms with Crippen molar-refractivity contribution >= 4 is 0 Å². The minimum absolute atomic E-state index is 0.0278. The van der Waals surface area contributed by atoms with Gasteiger partial charge in [-0.1, -0.05) is 6.92 Å². The Morgan fingerprint density at radius 1 is 1.07 bits per heavy atom. The van der Waals surface area contributed by atoms with E-state index in [1.807, 2.05) is 6.92 Å². The quantitative estimate of drug-likeness (QED) is 0.428. The second-order valence-electron chi connectivity index (χ2n) is 3.07. The zero-order valence-electron chi connectivity index (χ0n) is 8.94. The maximum absolute atomic E-state index is 8.88. The molecular formula is C9H22O5. The highest BCUT2D eigenvalue weighted by molar-refractivity contribution is 4.66. The molecule has 14 heavy (non-hydrogen) atoms. The molecule has 0 aromatic carbocycles. The van der Waals surface area contributed by atoms with Gasteiger partial charge in [-0.25, -0.2) is 0 Å². The van der Waals surface area contributed by atoms with Crippen LogP contribution in [0.3, 0.4) is 0 Å². The van der Waals surface area contributed by atoms with E-state index in [-0.39, 0.29) is 19.8 Å². The van der Waals surface area contributed by atoms with E-state index in [0.29, 0.717) is 19.6 Å². The van der Waals surface area contributed by atoms with Crippen LogP contribution in [0.15, 0.2) is 0 Å². The minimum atomic E-state index is -0.861. The van der Waals surface area contributed by atoms with E-state index in [0.717, 1.165) is 0 Å². The molecule has 88 valence electrons. The van der Waals surface area contributed by atoms with Crippen molar-refractivity contribution in [1.82, 2.24) is 0 Å². The van der Waals surface area contributed by atoms with Gasteiger partial charge in [-0.2, -0.15) is 0 Å². The average Bonchev–Trinajstić information content (AvgIpc) is 2.20. The normalized spacial score (nSPS) is 14.1. The summed E-state index contributed by atoms with van der Waals surface area (Å²) in [6.45, 7) is 3.98. The first-order valence-electron chi connectivity index (χ1n) is 4.66. The van der Waals surface area contributed by atoms with E-state index in [1.165, 1.54) is 0 Å². The molecule has 0 heterocycles. The number of aliphatic hydroxyl groups is 4. The highest BCUT2D eigenvalue weighted by Crippen LogP contribution is 2.04. The fourth-order valence-corrected chi connectivity index (χ4v) is 0.343. The summed E-state index contributed by atoms with van der Waals surface area (Å²) in [5.74, 6) is 0. The number of hydrogen-bond donors (Lipinski definition) is 4. The molecule has 0 bridgehead atoms. The standard InChI is InChI=1S/C5H12O2.C4H10O3/c1-3-5(2,7)4-6;5-1-3-7-4-2-6/h6-7H,3-4H2,1-2H3;5-6H,1-4H2. The fraction of sp³-hybridized carbons (Fsp3) is 1.00. The SMILES string of the molecule is CCC(C)(O)CO.OCCOCCO. The van der Waals surface area contributed by atoms with E-state index in [9.17, 15) is 0 Å². The molecule has 0 radical (unpaired) electrons. The first kappa shape index (κ1) is 16.2. The Hall–Kier alpha value is -0.200. The van der Waals surface area contributed by atoms with Gasteiger partial charge in [0.15, 0.2) is 0 Å². The van der Waals surface area contributed by atoms with Crippen LogP contribution in [0.2, 0.25) is 0 Å². The van der Waals surface area contributed by atoms with Crippen molar-refractivity contribution in [3.8, 4) is 0 Å². The Labute approximate surface area is 85.0 Å². The fourth-order valence-electron chi connectivity index (χ4n) is 0.343. The van der Waals surface area contributed by atoms with Crippen molar-refractivity contribution in [2.75, 3.05) is 33.0 Å². The molecule has 0 saturated carbocycles. The highest BCUT2D eigenvalue weighted by Gasteiger charge is 2.13. The molecule has 0 spiro atoms. The monoisotopic (exact) mass is 210 g/mol. The molecule has 5 nitrogen and oxygen atoms in total. The van der Waals surface area contributed by atoms with Gasteiger partial charge in [0.1, 0.15) is 0 Å². The number of hydrogen-bond acceptors (Lipinski definition) is 5. The predicted molar refractivity (Wildman–Crippen MR) is 53.0 cm³/mol. The topological polar surface area (TPSA) is 90.2 Å². The minimum Gasteiger partial charge on any atom is -0.394 e. The number of rotatable bonds is 6. The molecule has 0 aliphatic heterocycles. The summed E-state index contributed by atoms with van der Waals surface area (Å²) in [5, 5.41) is 33.4. The van der Waals surface area contributed by atoms with Gasteiger partial charge in [0.25, 0.3) is 0 Å². The lowest BCUT2D eigenvalue weighted by Gasteiger charge is -2.16. The summed E-state index contributed by atoms with van der Waals surface area (Å²) in [4.78, 5) is 0. The highest BCUT2D eigenvalue weighted by atomic mass is 16.5. The van der Waals surface area contributed by atoms with Gasteiger partial charge in [-0.15, -0.1) is 0 Å². The third-order valence-electron chi connectivity index (χ3n) is 1.57. The summed E-state index contributed by atoms with van der Waals surface area (Å²) >= 11 is 0. The van der Waals surface area contributed by atoms with Crippen LogP contribution in [0.4, 0.5) is 0 Å². The summed E-state index contributed by atoms with van der Waals surface area (Å²) in [7, 11) is 0. The van der Waals surface area contributed by atoms with Crippen LogP contribution in [0.25, 0.3) is 0 Å². The van der Waals surface area contributed by atoms with Crippen LogP contribution in [-0.4, -0.2) is 59.1 Å². The third-order valence-corrected chi connectivity index (χ3v) is 1.57. The predicted octanol–water partition coefficient (Wildman–Crippen LogP) is -0.873. The van der Waals surface area contributed by atoms with E-state index in [2.05, 4.69) is 4.74 Å². The average molecular weight is 210 g/mol. The summed E-state index contributed by atoms with van der Waals surface area (Å²) in [5.41, 5.74) is -0.861. The summed E-state index contributed by atoms with van der Waals surface area (Å²) in [6.07, 6.45) is 0.601. The molecule has 0 aliphatic carbocycles. The van der Waals surface area contributed by atoms with Crippen LogP contribution < -0.4 is 0 Å². The number of aliphatic hydroxyl groups excluding tert-OH is 3. The van der Waals surface area contributed by atoms with Crippen molar-refractivity contribution in [1.29, 1.82) is 0 Å². The van der Waals surface area contributed by atoms with Crippen molar-refractivity contribution in [2.24, 2.45) is 0 Å². The van der Waals surface area contributed by atoms with Crippen LogP contribution >= 0.6 is 0 Å². The van der Waals surface area contributed by atoms with Crippen LogP contribution in [0, 0.1) is 0 Å². The molecule has 0 fully saturated rings. The van der Waals surface area contributed by atoms with Crippen molar-refractivity contribution in [3.63, 3.8) is 0 Å². The molecule has 4 N–H and O–H groups in total. The molecule has 0 aliphatic rings. The Kier molecular flexibility index (Phi) is 12.6. The third kappa shape index (κ3) is 14.3. The van der Waals surface area contributed by atoms with Gasteiger partial charge in [-0.3, -0.25) is 0 Å². The Morgan fingerprint density at radius 3 is 1.64 bits per heavy atom. The van der Waals surface area contributed by atoms with Gasteiger partial charge in [0.05, 0.1) is 38.6 Å². The second kappa shape index (κ2) is 10.9. The Morgan fingerprint density at radius 2 is 1.50 bits per heavy atom. The van der Waals surface area contributed by atoms with Gasteiger partial charge < -0.3 is 25.2 Å². The zero-order valence-corrected chi connectivity index (χ0v) is 8.94. The first-order chi connectivity index (χ1) is 6.54. The van der Waals surface area contributed by atoms with E-state index in [4.69, 9.17) is 20.4 Å². The van der Waals surface area contributed by atoms with Crippen molar-refractivity contribution in [3.05, 3.63) is 0 Å². The molecule has 5 heteroatoms. The van der Waals surface area contributed by atoms with Crippen molar-refractivity contribution < 1.29 is 25.2 Å². The van der Waals surface area contributed by atoms with Crippen molar-refractivity contribution in [2.45, 2.75) is 25.9 Å². The van der Waals surface area contributed by atoms with E-state index < -0.39 is 5.60 Å². The summed E-state index contributed by atoms with van der Waals surface area (Å²) < 4.78 is 4.63. The van der Waals surface area contributed by atoms with E-state index >= 15 is 0 Å². The van der Waals surface area contributed by atoms with E-state index in [1.54, 1.807) is 6.92 Å². The lowest BCUT2D eigenvalue weighted by atomic mass is 10.1. The Balaban J connectivity index is 0. The van der Waals surface area contributed by atoms with Gasteiger partial charge in [0, 0.05) is 0 Å². The lowest BCUT2D eigenvalue weighted by Crippen LogP contribution is -2.27. The zero-order chi connectivity index (χ0) is 11.4. The molecule has 1 atom stereocenters. The molecule has 0 amide bonds. The molecule has 1 unspecified atom stereocenters. The van der Waals surface area contributed by atoms with Gasteiger partial charge >= 0.3 is 0 Å². The maximum atomic E-state index is 8.88. The smallest absolute Gasteiger partial charge is 0.0846 e. The van der Waals surface area contributed by atoms with Crippen LogP contribution in [0.1, 0.15) is 20.3 Å². The van der Waals surface area contributed by atoms with Gasteiger partial charge in [-0.05, 0) is 13.3 Å². The second-order valence-corrected chi connectivity index (χ2v) is 3.07. The molecule has 0 aromatic rings. The maximum Gasteiger partial charge on any atom is 0.0846 e. The van der Waals surface area contributed by atoms with Gasteiger partial charge in [0.2, 0.25) is 0 Å². The molecular weight excluding hydrogens is 188 g/mol. The molecule has 0 rings (SSSR count). The van der Waals surface area contributed by atoms with Crippen LogP contribution in [-0.2, 0) is 4.74 Å². The lowest BCUT2D eigenvalue weighted by molar-refractivity contribution is -0.00107. The first-order valence-corrected chi connectivity index (χ1v) is 4.66. The summed E-state index contributed by atoms with van der Waals surface area (Å²) in [6, 6.07) is 0. The molecule has 0 saturated heterocycles. The number of ether oxygens (including phenoxy) is 1. The molecule has 0 aromatic heterocycles.